The zero-order valence-corrected chi connectivity index (χ0v) is 18.3. The van der Waals surface area contributed by atoms with Crippen LogP contribution in [0.25, 0.3) is 0 Å². The van der Waals surface area contributed by atoms with E-state index < -0.39 is 0 Å². The molecule has 9 heteroatoms. The maximum Gasteiger partial charge on any atom is 0.291 e. The highest BCUT2D eigenvalue weighted by molar-refractivity contribution is 6.02. The van der Waals surface area contributed by atoms with Crippen molar-refractivity contribution >= 4 is 23.5 Å². The molecule has 32 heavy (non-hydrogen) atoms. The van der Waals surface area contributed by atoms with E-state index in [4.69, 9.17) is 9.15 Å². The van der Waals surface area contributed by atoms with Crippen molar-refractivity contribution in [2.24, 2.45) is 4.99 Å². The van der Waals surface area contributed by atoms with Gasteiger partial charge in [0.25, 0.3) is 11.8 Å². The topological polar surface area (TPSA) is 99.4 Å². The average Bonchev–Trinajstić information content (AvgIpc) is 3.55. The van der Waals surface area contributed by atoms with E-state index in [1.807, 2.05) is 29.2 Å². The highest BCUT2D eigenvalue weighted by atomic mass is 16.5. The van der Waals surface area contributed by atoms with Gasteiger partial charge >= 0.3 is 0 Å². The maximum atomic E-state index is 12.5. The first-order valence-corrected chi connectivity index (χ1v) is 10.9. The molecule has 2 aliphatic rings. The highest BCUT2D eigenvalue weighted by Gasteiger charge is 2.30. The zero-order valence-electron chi connectivity index (χ0n) is 18.3. The normalized spacial score (nSPS) is 19.2. The van der Waals surface area contributed by atoms with Crippen LogP contribution in [0.3, 0.4) is 0 Å². The van der Waals surface area contributed by atoms with Crippen molar-refractivity contribution < 1.29 is 18.7 Å². The molecule has 4 rings (SSSR count). The molecule has 170 valence electrons. The van der Waals surface area contributed by atoms with E-state index in [0.717, 1.165) is 37.5 Å². The Labute approximate surface area is 187 Å². The van der Waals surface area contributed by atoms with Crippen LogP contribution in [-0.4, -0.2) is 73.5 Å². The van der Waals surface area contributed by atoms with Crippen LogP contribution >= 0.6 is 0 Å². The van der Waals surface area contributed by atoms with Crippen LogP contribution in [0, 0.1) is 0 Å². The lowest BCUT2D eigenvalue weighted by molar-refractivity contribution is -0.142. The molecule has 2 saturated heterocycles. The van der Waals surface area contributed by atoms with Gasteiger partial charge in [-0.05, 0) is 42.7 Å². The van der Waals surface area contributed by atoms with E-state index in [1.165, 1.54) is 6.26 Å². The van der Waals surface area contributed by atoms with Crippen LogP contribution in [0.1, 0.15) is 29.0 Å². The van der Waals surface area contributed by atoms with Crippen molar-refractivity contribution in [2.75, 3.05) is 45.2 Å². The molecule has 0 aliphatic carbocycles. The van der Waals surface area contributed by atoms with Gasteiger partial charge in [-0.1, -0.05) is 12.1 Å². The molecule has 2 N–H and O–H groups in total. The molecule has 2 fully saturated rings. The van der Waals surface area contributed by atoms with Gasteiger partial charge in [0, 0.05) is 52.1 Å². The van der Waals surface area contributed by atoms with E-state index >= 15 is 0 Å². The Morgan fingerprint density at radius 3 is 2.47 bits per heavy atom. The molecule has 2 aromatic rings. The molecule has 0 saturated carbocycles. The summed E-state index contributed by atoms with van der Waals surface area (Å²) in [5.41, 5.74) is 1.76. The minimum atomic E-state index is -0.279. The minimum Gasteiger partial charge on any atom is -0.459 e. The number of carbonyl (C=O) groups excluding carboxylic acids is 2. The third-order valence-electron chi connectivity index (χ3n) is 5.72. The summed E-state index contributed by atoms with van der Waals surface area (Å²) >= 11 is 0. The molecule has 1 unspecified atom stereocenters. The number of amides is 2. The quantitative estimate of drug-likeness (QED) is 0.546. The van der Waals surface area contributed by atoms with Crippen molar-refractivity contribution in [1.82, 2.24) is 15.1 Å². The third-order valence-corrected chi connectivity index (χ3v) is 5.72. The van der Waals surface area contributed by atoms with Crippen molar-refractivity contribution in [3.63, 3.8) is 0 Å². The summed E-state index contributed by atoms with van der Waals surface area (Å²) in [5.74, 6) is 0.921. The van der Waals surface area contributed by atoms with Crippen molar-refractivity contribution in [2.45, 2.75) is 25.5 Å². The van der Waals surface area contributed by atoms with E-state index in [0.29, 0.717) is 31.9 Å². The molecule has 9 nitrogen and oxygen atoms in total. The molecule has 2 aliphatic heterocycles. The van der Waals surface area contributed by atoms with Crippen molar-refractivity contribution in [1.29, 1.82) is 0 Å². The summed E-state index contributed by atoms with van der Waals surface area (Å²) < 4.78 is 10.6. The van der Waals surface area contributed by atoms with Gasteiger partial charge in [-0.15, -0.1) is 0 Å². The fourth-order valence-electron chi connectivity index (χ4n) is 3.93. The Morgan fingerprint density at radius 1 is 1.09 bits per heavy atom. The molecule has 0 spiro atoms. The van der Waals surface area contributed by atoms with Gasteiger partial charge in [-0.2, -0.15) is 0 Å². The first-order chi connectivity index (χ1) is 15.6. The van der Waals surface area contributed by atoms with Gasteiger partial charge in [0.15, 0.2) is 11.7 Å². The summed E-state index contributed by atoms with van der Waals surface area (Å²) in [7, 11) is 1.76. The Hall–Kier alpha value is -3.33. The first-order valence-electron chi connectivity index (χ1n) is 10.9. The number of carbonyl (C=O) groups is 2. The van der Waals surface area contributed by atoms with E-state index in [-0.39, 0.29) is 23.7 Å². The molecule has 2 amide bonds. The van der Waals surface area contributed by atoms with E-state index in [2.05, 4.69) is 20.5 Å². The molecule has 3 heterocycles. The van der Waals surface area contributed by atoms with Gasteiger partial charge in [-0.3, -0.25) is 14.6 Å². The summed E-state index contributed by atoms with van der Waals surface area (Å²) in [6.07, 6.45) is 3.00. The van der Waals surface area contributed by atoms with Crippen molar-refractivity contribution in [3.8, 4) is 0 Å². The minimum absolute atomic E-state index is 0.115. The lowest BCUT2D eigenvalue weighted by Crippen LogP contribution is -2.55. The van der Waals surface area contributed by atoms with Crippen LogP contribution in [-0.2, 0) is 16.1 Å². The van der Waals surface area contributed by atoms with Gasteiger partial charge < -0.3 is 29.6 Å². The number of nitrogens with zero attached hydrogens (tertiary/aromatic N) is 3. The number of hydrogen-bond acceptors (Lipinski definition) is 5. The Morgan fingerprint density at radius 2 is 1.84 bits per heavy atom. The second-order valence-electron chi connectivity index (χ2n) is 7.84. The fraction of sp³-hybridized carbons (Fsp3) is 0.435. The average molecular weight is 440 g/mol. The van der Waals surface area contributed by atoms with Crippen LogP contribution in [0.15, 0.2) is 52.1 Å². The number of anilines is 1. The molecule has 0 bridgehead atoms. The largest absolute Gasteiger partial charge is 0.459 e. The summed E-state index contributed by atoms with van der Waals surface area (Å²) in [5, 5.41) is 6.19. The number of benzene rings is 1. The summed E-state index contributed by atoms with van der Waals surface area (Å²) in [6.45, 7) is 4.09. The van der Waals surface area contributed by atoms with Gasteiger partial charge in [-0.25, -0.2) is 0 Å². The number of rotatable bonds is 5. The number of piperazine rings is 1. The first kappa shape index (κ1) is 21.9. The predicted octanol–water partition coefficient (Wildman–Crippen LogP) is 1.93. The summed E-state index contributed by atoms with van der Waals surface area (Å²) in [4.78, 5) is 33.0. The van der Waals surface area contributed by atoms with Gasteiger partial charge in [0.1, 0.15) is 6.10 Å². The zero-order chi connectivity index (χ0) is 22.3. The molecular weight excluding hydrogens is 410 g/mol. The van der Waals surface area contributed by atoms with Crippen molar-refractivity contribution in [3.05, 3.63) is 54.0 Å². The SMILES string of the molecule is CN=C(NCc1ccc(NC(=O)c2ccco2)cc1)N1CCN(C(=O)C2CCCO2)CC1. The highest BCUT2D eigenvalue weighted by Crippen LogP contribution is 2.16. The number of nitrogens with one attached hydrogen (secondary N) is 2. The van der Waals surface area contributed by atoms with Crippen LogP contribution in [0.4, 0.5) is 5.69 Å². The lowest BCUT2D eigenvalue weighted by Gasteiger charge is -2.37. The second-order valence-corrected chi connectivity index (χ2v) is 7.84. The fourth-order valence-corrected chi connectivity index (χ4v) is 3.93. The number of aliphatic imine (C=N–C) groups is 1. The van der Waals surface area contributed by atoms with E-state index in [9.17, 15) is 9.59 Å². The smallest absolute Gasteiger partial charge is 0.291 e. The Kier molecular flexibility index (Phi) is 7.06. The summed E-state index contributed by atoms with van der Waals surface area (Å²) in [6, 6.07) is 10.9. The Balaban J connectivity index is 1.24. The van der Waals surface area contributed by atoms with Crippen LogP contribution in [0.5, 0.6) is 0 Å². The van der Waals surface area contributed by atoms with E-state index in [1.54, 1.807) is 19.2 Å². The number of hydrogen-bond donors (Lipinski definition) is 2. The molecule has 1 atom stereocenters. The van der Waals surface area contributed by atoms with Crippen LogP contribution < -0.4 is 10.6 Å². The monoisotopic (exact) mass is 439 g/mol. The predicted molar refractivity (Wildman–Crippen MR) is 120 cm³/mol. The molecule has 1 aromatic heterocycles. The molecular formula is C23H29N5O4. The number of furan rings is 1. The third kappa shape index (κ3) is 5.28. The second kappa shape index (κ2) is 10.3. The van der Waals surface area contributed by atoms with Gasteiger partial charge in [0.2, 0.25) is 0 Å². The molecule has 0 radical (unpaired) electrons. The standard InChI is InChI=1S/C23H29N5O4/c1-24-23(28-12-10-27(11-13-28)22(30)20-5-3-15-32-20)25-16-17-6-8-18(9-7-17)26-21(29)19-4-2-14-31-19/h2,4,6-9,14,20H,3,5,10-13,15-16H2,1H3,(H,24,25)(H,26,29). The van der Waals surface area contributed by atoms with Crippen LogP contribution in [0.2, 0.25) is 0 Å². The number of ether oxygens (including phenoxy) is 1. The number of guanidine groups is 1. The van der Waals surface area contributed by atoms with Gasteiger partial charge in [0.05, 0.1) is 6.26 Å². The molecule has 1 aromatic carbocycles. The maximum absolute atomic E-state index is 12.5. The lowest BCUT2D eigenvalue weighted by atomic mass is 10.2. The Bertz CT molecular complexity index is 928.